The van der Waals surface area contributed by atoms with Gasteiger partial charge in [-0.3, -0.25) is 0 Å². The summed E-state index contributed by atoms with van der Waals surface area (Å²) in [6, 6.07) is 1.85. The molecule has 1 N–H and O–H groups in total. The van der Waals surface area contributed by atoms with Gasteiger partial charge in [-0.05, 0) is 12.8 Å². The van der Waals surface area contributed by atoms with Crippen molar-refractivity contribution in [3.05, 3.63) is 17.6 Å². The molecule has 1 aromatic heterocycles. The van der Waals surface area contributed by atoms with E-state index in [1.807, 2.05) is 6.07 Å². The third-order valence-electron chi connectivity index (χ3n) is 3.45. The number of alkyl halides is 3. The molecule has 1 aromatic rings. The van der Waals surface area contributed by atoms with E-state index in [1.165, 1.54) is 12.8 Å². The maximum atomic E-state index is 12.3. The van der Waals surface area contributed by atoms with Crippen LogP contribution >= 0.6 is 0 Å². The maximum Gasteiger partial charge on any atom is 0.389 e. The van der Waals surface area contributed by atoms with E-state index in [1.54, 1.807) is 7.05 Å². The predicted octanol–water partition coefficient (Wildman–Crippen LogP) is 3.67. The van der Waals surface area contributed by atoms with Crippen molar-refractivity contribution < 1.29 is 13.2 Å². The summed E-state index contributed by atoms with van der Waals surface area (Å²) in [6.07, 6.45) is -0.712. The second-order valence-corrected chi connectivity index (χ2v) is 4.94. The first-order valence-electron chi connectivity index (χ1n) is 6.60. The largest absolute Gasteiger partial charge is 0.389 e. The average Bonchev–Trinajstić information content (AvgIpc) is 2.89. The number of anilines is 1. The van der Waals surface area contributed by atoms with E-state index in [0.29, 0.717) is 11.7 Å². The molecule has 6 heteroatoms. The molecule has 0 spiro atoms. The van der Waals surface area contributed by atoms with Crippen molar-refractivity contribution in [2.24, 2.45) is 0 Å². The van der Waals surface area contributed by atoms with Crippen LogP contribution < -0.4 is 5.32 Å². The number of aryl methyl sites for hydroxylation is 1. The molecule has 0 amide bonds. The summed E-state index contributed by atoms with van der Waals surface area (Å²) < 4.78 is 36.8. The summed E-state index contributed by atoms with van der Waals surface area (Å²) in [5.41, 5.74) is 0.883. The van der Waals surface area contributed by atoms with Gasteiger partial charge in [-0.25, -0.2) is 9.97 Å². The summed E-state index contributed by atoms with van der Waals surface area (Å²) >= 11 is 0. The van der Waals surface area contributed by atoms with Crippen molar-refractivity contribution in [2.75, 3.05) is 12.4 Å². The molecule has 3 nitrogen and oxygen atoms in total. The van der Waals surface area contributed by atoms with E-state index < -0.39 is 12.6 Å². The fourth-order valence-electron chi connectivity index (χ4n) is 2.44. The molecular formula is C13H18F3N3. The number of rotatable bonds is 4. The number of nitrogens with one attached hydrogen (secondary N) is 1. The molecule has 0 bridgehead atoms. The van der Waals surface area contributed by atoms with Crippen LogP contribution in [0.25, 0.3) is 0 Å². The van der Waals surface area contributed by atoms with Crippen LogP contribution in [0.2, 0.25) is 0 Å². The first-order valence-corrected chi connectivity index (χ1v) is 6.60. The lowest BCUT2D eigenvalue weighted by atomic mass is 10.0. The van der Waals surface area contributed by atoms with Crippen molar-refractivity contribution >= 4 is 5.82 Å². The van der Waals surface area contributed by atoms with Crippen LogP contribution in [0, 0.1) is 0 Å². The summed E-state index contributed by atoms with van der Waals surface area (Å²) in [5.74, 6) is 1.26. The van der Waals surface area contributed by atoms with Crippen LogP contribution in [0.3, 0.4) is 0 Å². The second kappa shape index (κ2) is 5.75. The first kappa shape index (κ1) is 14.1. The van der Waals surface area contributed by atoms with Gasteiger partial charge in [-0.15, -0.1) is 0 Å². The number of nitrogens with zero attached hydrogens (tertiary/aromatic N) is 2. The van der Waals surface area contributed by atoms with Crippen molar-refractivity contribution in [3.63, 3.8) is 0 Å². The molecule has 0 atom stereocenters. The standard InChI is InChI=1S/C13H18F3N3/c1-17-12-8-10(9-4-2-3-5-9)18-11(19-12)6-7-13(14,15)16/h8-9H,2-7H2,1H3,(H,17,18,19). The summed E-state index contributed by atoms with van der Waals surface area (Å²) in [5, 5.41) is 2.90. The second-order valence-electron chi connectivity index (χ2n) is 4.94. The van der Waals surface area contributed by atoms with Gasteiger partial charge in [0.2, 0.25) is 0 Å². The Kier molecular flexibility index (Phi) is 4.27. The molecule has 0 aromatic carbocycles. The molecule has 1 fully saturated rings. The lowest BCUT2D eigenvalue weighted by Crippen LogP contribution is -2.12. The van der Waals surface area contributed by atoms with E-state index in [-0.39, 0.29) is 12.2 Å². The van der Waals surface area contributed by atoms with Gasteiger partial charge in [-0.2, -0.15) is 13.2 Å². The minimum Gasteiger partial charge on any atom is -0.373 e. The molecule has 0 saturated heterocycles. The van der Waals surface area contributed by atoms with E-state index in [0.717, 1.165) is 18.5 Å². The van der Waals surface area contributed by atoms with E-state index >= 15 is 0 Å². The van der Waals surface area contributed by atoms with Gasteiger partial charge in [0, 0.05) is 31.1 Å². The van der Waals surface area contributed by atoms with Crippen molar-refractivity contribution in [3.8, 4) is 0 Å². The molecule has 0 unspecified atom stereocenters. The molecule has 1 heterocycles. The minimum atomic E-state index is -4.16. The predicted molar refractivity (Wildman–Crippen MR) is 67.2 cm³/mol. The Morgan fingerprint density at radius 3 is 2.53 bits per heavy atom. The monoisotopic (exact) mass is 273 g/mol. The van der Waals surface area contributed by atoms with Gasteiger partial charge in [-0.1, -0.05) is 12.8 Å². The lowest BCUT2D eigenvalue weighted by Gasteiger charge is -2.13. The Labute approximate surface area is 110 Å². The number of hydrogen-bond donors (Lipinski definition) is 1. The number of aromatic nitrogens is 2. The van der Waals surface area contributed by atoms with E-state index in [4.69, 9.17) is 0 Å². The molecule has 0 aliphatic heterocycles. The highest BCUT2D eigenvalue weighted by atomic mass is 19.4. The van der Waals surface area contributed by atoms with Gasteiger partial charge >= 0.3 is 6.18 Å². The quantitative estimate of drug-likeness (QED) is 0.909. The van der Waals surface area contributed by atoms with Gasteiger partial charge in [0.05, 0.1) is 6.42 Å². The van der Waals surface area contributed by atoms with Crippen LogP contribution in [-0.2, 0) is 6.42 Å². The van der Waals surface area contributed by atoms with Gasteiger partial charge in [0.25, 0.3) is 0 Å². The van der Waals surface area contributed by atoms with Crippen LogP contribution in [0.15, 0.2) is 6.07 Å². The average molecular weight is 273 g/mol. The molecular weight excluding hydrogens is 255 g/mol. The van der Waals surface area contributed by atoms with Gasteiger partial charge in [0.1, 0.15) is 11.6 Å². The Bertz CT molecular complexity index is 426. The third kappa shape index (κ3) is 4.08. The number of halogens is 3. The van der Waals surface area contributed by atoms with E-state index in [2.05, 4.69) is 15.3 Å². The van der Waals surface area contributed by atoms with Crippen LogP contribution in [0.1, 0.15) is 49.5 Å². The first-order chi connectivity index (χ1) is 8.98. The van der Waals surface area contributed by atoms with Gasteiger partial charge in [0.15, 0.2) is 0 Å². The zero-order valence-corrected chi connectivity index (χ0v) is 10.9. The topological polar surface area (TPSA) is 37.8 Å². The Balaban J connectivity index is 2.15. The minimum absolute atomic E-state index is 0.154. The van der Waals surface area contributed by atoms with E-state index in [9.17, 15) is 13.2 Å². The van der Waals surface area contributed by atoms with Crippen molar-refractivity contribution in [2.45, 2.75) is 50.6 Å². The Morgan fingerprint density at radius 1 is 1.26 bits per heavy atom. The highest BCUT2D eigenvalue weighted by molar-refractivity contribution is 5.36. The fourth-order valence-corrected chi connectivity index (χ4v) is 2.44. The highest BCUT2D eigenvalue weighted by Gasteiger charge is 2.27. The molecule has 2 rings (SSSR count). The molecule has 106 valence electrons. The molecule has 1 aliphatic rings. The molecule has 1 saturated carbocycles. The Hall–Kier alpha value is -1.33. The summed E-state index contributed by atoms with van der Waals surface area (Å²) in [6.45, 7) is 0. The smallest absolute Gasteiger partial charge is 0.373 e. The van der Waals surface area contributed by atoms with Crippen molar-refractivity contribution in [1.29, 1.82) is 0 Å². The zero-order chi connectivity index (χ0) is 13.9. The SMILES string of the molecule is CNc1cc(C2CCCC2)nc(CCC(F)(F)F)n1. The maximum absolute atomic E-state index is 12.3. The highest BCUT2D eigenvalue weighted by Crippen LogP contribution is 2.34. The summed E-state index contributed by atoms with van der Waals surface area (Å²) in [7, 11) is 1.72. The van der Waals surface area contributed by atoms with Crippen LogP contribution in [0.4, 0.5) is 19.0 Å². The third-order valence-corrected chi connectivity index (χ3v) is 3.45. The normalized spacial score (nSPS) is 16.8. The van der Waals surface area contributed by atoms with Gasteiger partial charge < -0.3 is 5.32 Å². The molecule has 0 radical (unpaired) electrons. The Morgan fingerprint density at radius 2 is 1.95 bits per heavy atom. The van der Waals surface area contributed by atoms with Crippen molar-refractivity contribution in [1.82, 2.24) is 9.97 Å². The fraction of sp³-hybridized carbons (Fsp3) is 0.692. The summed E-state index contributed by atoms with van der Waals surface area (Å²) in [4.78, 5) is 8.42. The molecule has 1 aliphatic carbocycles. The van der Waals surface area contributed by atoms with Crippen LogP contribution in [0.5, 0.6) is 0 Å². The number of hydrogen-bond acceptors (Lipinski definition) is 3. The molecule has 19 heavy (non-hydrogen) atoms. The van der Waals surface area contributed by atoms with Crippen LogP contribution in [-0.4, -0.2) is 23.2 Å². The zero-order valence-electron chi connectivity index (χ0n) is 10.9. The lowest BCUT2D eigenvalue weighted by molar-refractivity contribution is -0.134.